The van der Waals surface area contributed by atoms with Crippen molar-refractivity contribution in [2.45, 2.75) is 64.5 Å². The monoisotopic (exact) mass is 213 g/mol. The van der Waals surface area contributed by atoms with Gasteiger partial charge in [0.1, 0.15) is 0 Å². The molecule has 0 aromatic carbocycles. The molecule has 0 aromatic rings. The summed E-state index contributed by atoms with van der Waals surface area (Å²) in [6, 6.07) is 0.691. The quantitative estimate of drug-likeness (QED) is 0.702. The van der Waals surface area contributed by atoms with Crippen molar-refractivity contribution in [2.24, 2.45) is 5.92 Å². The van der Waals surface area contributed by atoms with Gasteiger partial charge in [-0.2, -0.15) is 0 Å². The van der Waals surface area contributed by atoms with Crippen molar-refractivity contribution in [3.8, 4) is 0 Å². The van der Waals surface area contributed by atoms with E-state index in [1.54, 1.807) is 0 Å². The lowest BCUT2D eigenvalue weighted by atomic mass is 9.98. The molecular weight excluding hydrogens is 186 g/mol. The lowest BCUT2D eigenvalue weighted by Gasteiger charge is -2.19. The standard InChI is InChI=1S/C13H27NO/c1-11(2)6-7-12(14-3)8-9-13-5-4-10-15-13/h11-14H,4-10H2,1-3H3. The van der Waals surface area contributed by atoms with Crippen LogP contribution in [0.2, 0.25) is 0 Å². The zero-order valence-electron chi connectivity index (χ0n) is 10.6. The van der Waals surface area contributed by atoms with E-state index in [1.807, 2.05) is 0 Å². The van der Waals surface area contributed by atoms with Crippen molar-refractivity contribution in [1.82, 2.24) is 5.32 Å². The number of hydrogen-bond acceptors (Lipinski definition) is 2. The van der Waals surface area contributed by atoms with E-state index >= 15 is 0 Å². The molecule has 0 amide bonds. The van der Waals surface area contributed by atoms with E-state index in [4.69, 9.17) is 4.74 Å². The predicted octanol–water partition coefficient (Wildman–Crippen LogP) is 2.97. The van der Waals surface area contributed by atoms with Crippen LogP contribution < -0.4 is 5.32 Å². The molecule has 2 atom stereocenters. The van der Waals surface area contributed by atoms with Crippen LogP contribution in [0.4, 0.5) is 0 Å². The van der Waals surface area contributed by atoms with Crippen LogP contribution in [0.3, 0.4) is 0 Å². The van der Waals surface area contributed by atoms with Crippen LogP contribution in [-0.4, -0.2) is 25.8 Å². The van der Waals surface area contributed by atoms with Crippen LogP contribution in [-0.2, 0) is 4.74 Å². The minimum absolute atomic E-state index is 0.555. The summed E-state index contributed by atoms with van der Waals surface area (Å²) in [5.74, 6) is 0.823. The Labute approximate surface area is 94.8 Å². The van der Waals surface area contributed by atoms with Crippen molar-refractivity contribution in [1.29, 1.82) is 0 Å². The van der Waals surface area contributed by atoms with Gasteiger partial charge in [-0.15, -0.1) is 0 Å². The molecule has 2 unspecified atom stereocenters. The summed E-state index contributed by atoms with van der Waals surface area (Å²) in [5.41, 5.74) is 0. The van der Waals surface area contributed by atoms with E-state index in [0.29, 0.717) is 12.1 Å². The first-order valence-electron chi connectivity index (χ1n) is 6.51. The molecule has 1 aliphatic heterocycles. The van der Waals surface area contributed by atoms with Gasteiger partial charge in [0.15, 0.2) is 0 Å². The third-order valence-electron chi connectivity index (χ3n) is 3.36. The fourth-order valence-electron chi connectivity index (χ4n) is 2.23. The molecule has 1 fully saturated rings. The number of hydrogen-bond donors (Lipinski definition) is 1. The molecule has 2 heteroatoms. The first kappa shape index (κ1) is 13.0. The number of rotatable bonds is 7. The zero-order valence-corrected chi connectivity index (χ0v) is 10.6. The highest BCUT2D eigenvalue weighted by Gasteiger charge is 2.17. The molecule has 0 spiro atoms. The Bertz CT molecular complexity index is 153. The fourth-order valence-corrected chi connectivity index (χ4v) is 2.23. The Morgan fingerprint density at radius 3 is 2.60 bits per heavy atom. The summed E-state index contributed by atoms with van der Waals surface area (Å²) < 4.78 is 5.65. The Kier molecular flexibility index (Phi) is 6.26. The van der Waals surface area contributed by atoms with E-state index in [9.17, 15) is 0 Å². The lowest BCUT2D eigenvalue weighted by molar-refractivity contribution is 0.0993. The Balaban J connectivity index is 2.09. The first-order chi connectivity index (χ1) is 7.22. The van der Waals surface area contributed by atoms with Crippen molar-refractivity contribution < 1.29 is 4.74 Å². The molecule has 0 aliphatic carbocycles. The fraction of sp³-hybridized carbons (Fsp3) is 1.00. The van der Waals surface area contributed by atoms with Gasteiger partial charge in [0, 0.05) is 12.6 Å². The van der Waals surface area contributed by atoms with Gasteiger partial charge >= 0.3 is 0 Å². The topological polar surface area (TPSA) is 21.3 Å². The largest absolute Gasteiger partial charge is 0.378 e. The third-order valence-corrected chi connectivity index (χ3v) is 3.36. The molecule has 0 bridgehead atoms. The van der Waals surface area contributed by atoms with Crippen molar-refractivity contribution in [2.75, 3.05) is 13.7 Å². The zero-order chi connectivity index (χ0) is 11.1. The maximum Gasteiger partial charge on any atom is 0.0576 e. The molecule has 1 rings (SSSR count). The Morgan fingerprint density at radius 2 is 2.07 bits per heavy atom. The summed E-state index contributed by atoms with van der Waals surface area (Å²) in [7, 11) is 2.08. The average Bonchev–Trinajstić information content (AvgIpc) is 2.70. The molecule has 1 aliphatic rings. The number of nitrogens with one attached hydrogen (secondary N) is 1. The Hall–Kier alpha value is -0.0800. The van der Waals surface area contributed by atoms with E-state index in [2.05, 4.69) is 26.2 Å². The van der Waals surface area contributed by atoms with Crippen LogP contribution in [0, 0.1) is 5.92 Å². The second kappa shape index (κ2) is 7.24. The molecule has 15 heavy (non-hydrogen) atoms. The summed E-state index contributed by atoms with van der Waals surface area (Å²) in [6.07, 6.45) is 8.25. The van der Waals surface area contributed by atoms with Crippen LogP contribution in [0.1, 0.15) is 52.4 Å². The van der Waals surface area contributed by atoms with Crippen molar-refractivity contribution >= 4 is 0 Å². The maximum atomic E-state index is 5.65. The number of ether oxygens (including phenoxy) is 1. The SMILES string of the molecule is CNC(CCC(C)C)CCC1CCCO1. The molecule has 1 saturated heterocycles. The van der Waals surface area contributed by atoms with Gasteiger partial charge in [-0.25, -0.2) is 0 Å². The van der Waals surface area contributed by atoms with Crippen LogP contribution in [0.5, 0.6) is 0 Å². The highest BCUT2D eigenvalue weighted by atomic mass is 16.5. The maximum absolute atomic E-state index is 5.65. The summed E-state index contributed by atoms with van der Waals surface area (Å²) in [6.45, 7) is 5.58. The van der Waals surface area contributed by atoms with Gasteiger partial charge in [-0.3, -0.25) is 0 Å². The van der Waals surface area contributed by atoms with Crippen LogP contribution in [0.15, 0.2) is 0 Å². The van der Waals surface area contributed by atoms with Gasteiger partial charge in [-0.05, 0) is 51.5 Å². The van der Waals surface area contributed by atoms with E-state index in [1.165, 1.54) is 38.5 Å². The molecule has 90 valence electrons. The Morgan fingerprint density at radius 1 is 1.27 bits per heavy atom. The summed E-state index contributed by atoms with van der Waals surface area (Å²) >= 11 is 0. The van der Waals surface area contributed by atoms with E-state index in [-0.39, 0.29) is 0 Å². The summed E-state index contributed by atoms with van der Waals surface area (Å²) in [4.78, 5) is 0. The van der Waals surface area contributed by atoms with E-state index in [0.717, 1.165) is 12.5 Å². The molecule has 1 heterocycles. The lowest BCUT2D eigenvalue weighted by Crippen LogP contribution is -2.26. The van der Waals surface area contributed by atoms with Crippen LogP contribution >= 0.6 is 0 Å². The minimum Gasteiger partial charge on any atom is -0.378 e. The second-order valence-corrected chi connectivity index (χ2v) is 5.17. The normalized spacial score (nSPS) is 23.6. The van der Waals surface area contributed by atoms with Gasteiger partial charge < -0.3 is 10.1 Å². The minimum atomic E-state index is 0.555. The second-order valence-electron chi connectivity index (χ2n) is 5.17. The first-order valence-corrected chi connectivity index (χ1v) is 6.51. The highest BCUT2D eigenvalue weighted by molar-refractivity contribution is 4.71. The third kappa shape index (κ3) is 5.53. The smallest absolute Gasteiger partial charge is 0.0576 e. The van der Waals surface area contributed by atoms with Crippen molar-refractivity contribution in [3.05, 3.63) is 0 Å². The van der Waals surface area contributed by atoms with Crippen molar-refractivity contribution in [3.63, 3.8) is 0 Å². The molecule has 0 saturated carbocycles. The average molecular weight is 213 g/mol. The van der Waals surface area contributed by atoms with Crippen LogP contribution in [0.25, 0.3) is 0 Å². The highest BCUT2D eigenvalue weighted by Crippen LogP contribution is 2.19. The van der Waals surface area contributed by atoms with Gasteiger partial charge in [0.25, 0.3) is 0 Å². The van der Waals surface area contributed by atoms with E-state index < -0.39 is 0 Å². The summed E-state index contributed by atoms with van der Waals surface area (Å²) in [5, 5.41) is 3.43. The molecule has 1 N–H and O–H groups in total. The molecule has 0 radical (unpaired) electrons. The predicted molar refractivity (Wildman–Crippen MR) is 65.1 cm³/mol. The van der Waals surface area contributed by atoms with Gasteiger partial charge in [0.05, 0.1) is 6.10 Å². The van der Waals surface area contributed by atoms with Gasteiger partial charge in [-0.1, -0.05) is 13.8 Å². The molecule has 2 nitrogen and oxygen atoms in total. The molecular formula is C13H27NO. The molecule has 0 aromatic heterocycles. The van der Waals surface area contributed by atoms with Gasteiger partial charge in [0.2, 0.25) is 0 Å².